The molecule has 0 unspecified atom stereocenters. The summed E-state index contributed by atoms with van der Waals surface area (Å²) in [6.45, 7) is 3.89. The van der Waals surface area contributed by atoms with Gasteiger partial charge in [-0.15, -0.1) is 0 Å². The van der Waals surface area contributed by atoms with E-state index in [-0.39, 0.29) is 17.3 Å². The van der Waals surface area contributed by atoms with Crippen LogP contribution in [-0.2, 0) is 11.3 Å². The third kappa shape index (κ3) is 3.32. The molecule has 0 aliphatic heterocycles. The van der Waals surface area contributed by atoms with E-state index in [1.54, 1.807) is 26.0 Å². The molecule has 0 spiro atoms. The average molecular weight is 264 g/mol. The minimum atomic E-state index is -0.293. The van der Waals surface area contributed by atoms with Gasteiger partial charge in [0.15, 0.2) is 0 Å². The Bertz CT molecular complexity index is 472. The van der Waals surface area contributed by atoms with Crippen LogP contribution in [0.5, 0.6) is 0 Å². The van der Waals surface area contributed by atoms with Gasteiger partial charge in [0.1, 0.15) is 5.82 Å². The van der Waals surface area contributed by atoms with Crippen LogP contribution in [0.2, 0.25) is 0 Å². The first-order valence-corrected chi connectivity index (χ1v) is 6.71. The molecule has 1 aromatic carbocycles. The lowest BCUT2D eigenvalue weighted by atomic mass is 9.75. The molecule has 1 aliphatic rings. The van der Waals surface area contributed by atoms with Crippen LogP contribution in [0.15, 0.2) is 12.1 Å². The molecule has 2 rings (SSSR count). The normalized spacial score (nSPS) is 16.8. The van der Waals surface area contributed by atoms with Gasteiger partial charge >= 0.3 is 0 Å². The molecule has 0 heterocycles. The van der Waals surface area contributed by atoms with E-state index in [9.17, 15) is 9.18 Å². The second-order valence-corrected chi connectivity index (χ2v) is 5.71. The number of nitrogens with one attached hydrogen (secondary N) is 1. The van der Waals surface area contributed by atoms with E-state index in [2.05, 4.69) is 5.32 Å². The highest BCUT2D eigenvalue weighted by atomic mass is 19.1. The second-order valence-electron chi connectivity index (χ2n) is 5.71. The maximum absolute atomic E-state index is 13.5. The second kappa shape index (κ2) is 5.29. The third-order valence-electron chi connectivity index (χ3n) is 3.85. The Labute approximate surface area is 113 Å². The van der Waals surface area contributed by atoms with E-state index in [1.165, 1.54) is 0 Å². The Morgan fingerprint density at radius 2 is 1.95 bits per heavy atom. The molecule has 0 atom stereocenters. The largest absolute Gasteiger partial charge is 0.352 e. The van der Waals surface area contributed by atoms with Crippen molar-refractivity contribution in [3.8, 4) is 0 Å². The molecule has 1 saturated carbocycles. The van der Waals surface area contributed by atoms with Crippen molar-refractivity contribution in [3.05, 3.63) is 34.6 Å². The summed E-state index contributed by atoms with van der Waals surface area (Å²) >= 11 is 0. The zero-order valence-corrected chi connectivity index (χ0v) is 11.6. The lowest BCUT2D eigenvalue weighted by Crippen LogP contribution is -2.49. The van der Waals surface area contributed by atoms with Gasteiger partial charge < -0.3 is 11.1 Å². The Hall–Kier alpha value is -1.42. The quantitative estimate of drug-likeness (QED) is 0.877. The fourth-order valence-electron chi connectivity index (χ4n) is 2.53. The predicted octanol–water partition coefficient (Wildman–Crippen LogP) is 2.33. The van der Waals surface area contributed by atoms with Crippen LogP contribution in [-0.4, -0.2) is 11.4 Å². The maximum Gasteiger partial charge on any atom is 0.222 e. The van der Waals surface area contributed by atoms with Gasteiger partial charge in [-0.3, -0.25) is 4.79 Å². The van der Waals surface area contributed by atoms with Gasteiger partial charge in [0.05, 0.1) is 0 Å². The first-order chi connectivity index (χ1) is 8.89. The van der Waals surface area contributed by atoms with Crippen LogP contribution >= 0.6 is 0 Å². The Morgan fingerprint density at radius 3 is 2.42 bits per heavy atom. The average Bonchev–Trinajstić information content (AvgIpc) is 2.31. The van der Waals surface area contributed by atoms with E-state index in [1.807, 2.05) is 0 Å². The van der Waals surface area contributed by atoms with Crippen molar-refractivity contribution in [1.29, 1.82) is 0 Å². The standard InChI is InChI=1S/C15H21FN2O/c1-10-6-12(7-11(2)14(10)16)9-18-13(19)8-15(17)4-3-5-15/h6-7H,3-5,8-9,17H2,1-2H3,(H,18,19). The van der Waals surface area contributed by atoms with Gasteiger partial charge in [0.25, 0.3) is 0 Å². The fraction of sp³-hybridized carbons (Fsp3) is 0.533. The van der Waals surface area contributed by atoms with E-state index in [4.69, 9.17) is 5.73 Å². The number of carbonyl (C=O) groups excluding carboxylic acids is 1. The summed E-state index contributed by atoms with van der Waals surface area (Å²) in [5.74, 6) is -0.202. The minimum absolute atomic E-state index is 0.0261. The zero-order valence-electron chi connectivity index (χ0n) is 11.6. The van der Waals surface area contributed by atoms with E-state index in [0.29, 0.717) is 24.1 Å². The van der Waals surface area contributed by atoms with E-state index < -0.39 is 0 Å². The van der Waals surface area contributed by atoms with Crippen LogP contribution in [0.25, 0.3) is 0 Å². The topological polar surface area (TPSA) is 55.1 Å². The molecule has 4 heteroatoms. The number of halogens is 1. The van der Waals surface area contributed by atoms with E-state index in [0.717, 1.165) is 24.8 Å². The summed E-state index contributed by atoms with van der Waals surface area (Å²) in [6, 6.07) is 3.54. The SMILES string of the molecule is Cc1cc(CNC(=O)CC2(N)CCC2)cc(C)c1F. The van der Waals surface area contributed by atoms with Crippen molar-refractivity contribution < 1.29 is 9.18 Å². The number of benzene rings is 1. The Balaban J connectivity index is 1.90. The Morgan fingerprint density at radius 1 is 1.37 bits per heavy atom. The van der Waals surface area contributed by atoms with Gasteiger partial charge in [0, 0.05) is 18.5 Å². The van der Waals surface area contributed by atoms with Crippen LogP contribution in [0.3, 0.4) is 0 Å². The first-order valence-electron chi connectivity index (χ1n) is 6.71. The fourth-order valence-corrected chi connectivity index (χ4v) is 2.53. The first kappa shape index (κ1) is 14.0. The summed E-state index contributed by atoms with van der Waals surface area (Å²) in [5.41, 5.74) is 7.88. The number of aryl methyl sites for hydroxylation is 2. The summed E-state index contributed by atoms with van der Waals surface area (Å²) in [7, 11) is 0. The van der Waals surface area contributed by atoms with Crippen molar-refractivity contribution in [1.82, 2.24) is 5.32 Å². The molecule has 1 aliphatic carbocycles. The number of nitrogens with two attached hydrogens (primary N) is 1. The van der Waals surface area contributed by atoms with Crippen LogP contribution in [0.1, 0.15) is 42.4 Å². The van der Waals surface area contributed by atoms with Crippen molar-refractivity contribution in [3.63, 3.8) is 0 Å². The molecule has 3 N–H and O–H groups in total. The smallest absolute Gasteiger partial charge is 0.222 e. The maximum atomic E-state index is 13.5. The molecule has 1 amide bonds. The van der Waals surface area contributed by atoms with Gasteiger partial charge in [0.2, 0.25) is 5.91 Å². The molecule has 0 aromatic heterocycles. The van der Waals surface area contributed by atoms with Crippen LogP contribution in [0.4, 0.5) is 4.39 Å². The Kier molecular flexibility index (Phi) is 3.90. The summed E-state index contributed by atoms with van der Waals surface area (Å²) in [5, 5.41) is 2.86. The molecule has 19 heavy (non-hydrogen) atoms. The molecule has 0 radical (unpaired) electrons. The van der Waals surface area contributed by atoms with Gasteiger partial charge in [-0.2, -0.15) is 0 Å². The monoisotopic (exact) mass is 264 g/mol. The predicted molar refractivity (Wildman–Crippen MR) is 73.1 cm³/mol. The van der Waals surface area contributed by atoms with Gasteiger partial charge in [-0.1, -0.05) is 12.1 Å². The molecule has 1 aromatic rings. The molecule has 104 valence electrons. The number of amides is 1. The lowest BCUT2D eigenvalue weighted by molar-refractivity contribution is -0.123. The molecular weight excluding hydrogens is 243 g/mol. The van der Waals surface area contributed by atoms with Crippen molar-refractivity contribution >= 4 is 5.91 Å². The van der Waals surface area contributed by atoms with Crippen LogP contribution in [0, 0.1) is 19.7 Å². The highest BCUT2D eigenvalue weighted by Gasteiger charge is 2.34. The molecular formula is C15H21FN2O. The lowest BCUT2D eigenvalue weighted by Gasteiger charge is -2.37. The highest BCUT2D eigenvalue weighted by molar-refractivity contribution is 5.77. The van der Waals surface area contributed by atoms with E-state index >= 15 is 0 Å². The molecule has 0 bridgehead atoms. The van der Waals surface area contributed by atoms with Crippen molar-refractivity contribution in [2.45, 2.75) is 51.6 Å². The van der Waals surface area contributed by atoms with Gasteiger partial charge in [-0.25, -0.2) is 4.39 Å². The molecule has 3 nitrogen and oxygen atoms in total. The summed E-state index contributed by atoms with van der Waals surface area (Å²) in [4.78, 5) is 11.8. The van der Waals surface area contributed by atoms with Crippen molar-refractivity contribution in [2.75, 3.05) is 0 Å². The van der Waals surface area contributed by atoms with Crippen LogP contribution < -0.4 is 11.1 Å². The third-order valence-corrected chi connectivity index (χ3v) is 3.85. The van der Waals surface area contributed by atoms with Crippen molar-refractivity contribution in [2.24, 2.45) is 5.73 Å². The molecule has 1 fully saturated rings. The minimum Gasteiger partial charge on any atom is -0.352 e. The number of carbonyl (C=O) groups is 1. The van der Waals surface area contributed by atoms with Gasteiger partial charge in [-0.05, 0) is 49.8 Å². The number of rotatable bonds is 4. The summed E-state index contributed by atoms with van der Waals surface area (Å²) in [6.07, 6.45) is 3.34. The molecule has 0 saturated heterocycles. The highest BCUT2D eigenvalue weighted by Crippen LogP contribution is 2.31. The summed E-state index contributed by atoms with van der Waals surface area (Å²) < 4.78 is 13.5. The number of hydrogen-bond acceptors (Lipinski definition) is 2. The zero-order chi connectivity index (χ0) is 14.0. The number of hydrogen-bond donors (Lipinski definition) is 2.